The first-order valence-electron chi connectivity index (χ1n) is 7.18. The van der Waals surface area contributed by atoms with E-state index in [1.807, 2.05) is 18.2 Å². The van der Waals surface area contributed by atoms with Crippen molar-refractivity contribution in [2.45, 2.75) is 27.7 Å². The lowest BCUT2D eigenvalue weighted by atomic mass is 9.81. The standard InChI is InChI=1S/C17H22N2O2/c1-11(2)17(3,4)10-18-15-9-13(16(20)21)12-7-5-6-8-14(12)19-15/h5-9,11H,10H2,1-4H3,(H,18,19)(H,20,21). The van der Waals surface area contributed by atoms with Gasteiger partial charge in [0.1, 0.15) is 5.82 Å². The lowest BCUT2D eigenvalue weighted by molar-refractivity contribution is 0.0699. The van der Waals surface area contributed by atoms with E-state index in [-0.39, 0.29) is 11.0 Å². The SMILES string of the molecule is CC(C)C(C)(C)CNc1cc(C(=O)O)c2ccccc2n1. The third-order valence-electron chi connectivity index (χ3n) is 4.23. The minimum atomic E-state index is -0.931. The van der Waals surface area contributed by atoms with Crippen LogP contribution in [0.15, 0.2) is 30.3 Å². The minimum Gasteiger partial charge on any atom is -0.478 e. The number of fused-ring (bicyclic) bond motifs is 1. The van der Waals surface area contributed by atoms with Crippen molar-refractivity contribution in [3.05, 3.63) is 35.9 Å². The molecule has 0 amide bonds. The number of nitrogens with zero attached hydrogens (tertiary/aromatic N) is 1. The van der Waals surface area contributed by atoms with Crippen LogP contribution < -0.4 is 5.32 Å². The molecule has 0 radical (unpaired) electrons. The van der Waals surface area contributed by atoms with E-state index in [2.05, 4.69) is 38.0 Å². The number of benzene rings is 1. The van der Waals surface area contributed by atoms with Crippen LogP contribution in [-0.4, -0.2) is 22.6 Å². The summed E-state index contributed by atoms with van der Waals surface area (Å²) in [6, 6.07) is 8.92. The summed E-state index contributed by atoms with van der Waals surface area (Å²) in [7, 11) is 0. The molecule has 0 saturated carbocycles. The minimum absolute atomic E-state index is 0.108. The Balaban J connectivity index is 2.35. The van der Waals surface area contributed by atoms with Gasteiger partial charge in [-0.2, -0.15) is 0 Å². The van der Waals surface area contributed by atoms with E-state index in [0.717, 1.165) is 6.54 Å². The van der Waals surface area contributed by atoms with Crippen LogP contribution in [0.1, 0.15) is 38.1 Å². The number of rotatable bonds is 5. The van der Waals surface area contributed by atoms with E-state index in [0.29, 0.717) is 22.6 Å². The first-order chi connectivity index (χ1) is 9.81. The number of hydrogen-bond donors (Lipinski definition) is 2. The van der Waals surface area contributed by atoms with Gasteiger partial charge in [0.05, 0.1) is 11.1 Å². The van der Waals surface area contributed by atoms with E-state index in [1.165, 1.54) is 0 Å². The molecule has 0 unspecified atom stereocenters. The number of aromatic nitrogens is 1. The van der Waals surface area contributed by atoms with Crippen molar-refractivity contribution >= 4 is 22.7 Å². The van der Waals surface area contributed by atoms with E-state index in [9.17, 15) is 9.90 Å². The summed E-state index contributed by atoms with van der Waals surface area (Å²) in [5.74, 6) is 0.198. The molecule has 0 aliphatic rings. The van der Waals surface area contributed by atoms with Gasteiger partial charge in [0, 0.05) is 11.9 Å². The molecule has 1 aromatic carbocycles. The second kappa shape index (κ2) is 5.72. The first kappa shape index (κ1) is 15.3. The summed E-state index contributed by atoms with van der Waals surface area (Å²) in [6.45, 7) is 9.47. The van der Waals surface area contributed by atoms with Crippen LogP contribution in [0, 0.1) is 11.3 Å². The van der Waals surface area contributed by atoms with Gasteiger partial charge >= 0.3 is 5.97 Å². The van der Waals surface area contributed by atoms with Crippen LogP contribution in [-0.2, 0) is 0 Å². The smallest absolute Gasteiger partial charge is 0.336 e. The quantitative estimate of drug-likeness (QED) is 0.871. The summed E-state index contributed by atoms with van der Waals surface area (Å²) in [5.41, 5.74) is 1.09. The maximum atomic E-state index is 11.4. The summed E-state index contributed by atoms with van der Waals surface area (Å²) in [5, 5.41) is 13.3. The maximum Gasteiger partial charge on any atom is 0.336 e. The van der Waals surface area contributed by atoms with Crippen LogP contribution in [0.2, 0.25) is 0 Å². The Labute approximate surface area is 125 Å². The van der Waals surface area contributed by atoms with Gasteiger partial charge in [-0.05, 0) is 23.5 Å². The molecule has 2 rings (SSSR count). The molecule has 0 fully saturated rings. The van der Waals surface area contributed by atoms with Crippen molar-refractivity contribution in [1.29, 1.82) is 0 Å². The van der Waals surface area contributed by atoms with Crippen molar-refractivity contribution < 1.29 is 9.90 Å². The fourth-order valence-corrected chi connectivity index (χ4v) is 1.97. The van der Waals surface area contributed by atoms with E-state index >= 15 is 0 Å². The van der Waals surface area contributed by atoms with Gasteiger partial charge in [-0.3, -0.25) is 0 Å². The molecule has 0 aliphatic heterocycles. The van der Waals surface area contributed by atoms with Crippen LogP contribution in [0.5, 0.6) is 0 Å². The largest absolute Gasteiger partial charge is 0.478 e. The number of para-hydroxylation sites is 1. The molecule has 0 saturated heterocycles. The highest BCUT2D eigenvalue weighted by atomic mass is 16.4. The summed E-state index contributed by atoms with van der Waals surface area (Å²) >= 11 is 0. The highest BCUT2D eigenvalue weighted by Crippen LogP contribution is 2.27. The molecule has 0 atom stereocenters. The molecule has 0 spiro atoms. The molecule has 1 heterocycles. The average Bonchev–Trinajstić information content (AvgIpc) is 2.44. The fourth-order valence-electron chi connectivity index (χ4n) is 1.97. The molecule has 0 bridgehead atoms. The third-order valence-corrected chi connectivity index (χ3v) is 4.23. The van der Waals surface area contributed by atoms with Gasteiger partial charge in [0.25, 0.3) is 0 Å². The summed E-state index contributed by atoms with van der Waals surface area (Å²) in [6.07, 6.45) is 0. The number of carbonyl (C=O) groups is 1. The van der Waals surface area contributed by atoms with E-state index < -0.39 is 5.97 Å². The van der Waals surface area contributed by atoms with Crippen molar-refractivity contribution in [1.82, 2.24) is 4.98 Å². The van der Waals surface area contributed by atoms with Crippen LogP contribution in [0.3, 0.4) is 0 Å². The van der Waals surface area contributed by atoms with Crippen LogP contribution in [0.25, 0.3) is 10.9 Å². The molecule has 2 aromatic rings. The second-order valence-corrected chi connectivity index (χ2v) is 6.37. The van der Waals surface area contributed by atoms with Crippen LogP contribution >= 0.6 is 0 Å². The van der Waals surface area contributed by atoms with Crippen molar-refractivity contribution in [2.75, 3.05) is 11.9 Å². The Morgan fingerprint density at radius 1 is 1.33 bits per heavy atom. The van der Waals surface area contributed by atoms with Crippen molar-refractivity contribution in [3.63, 3.8) is 0 Å². The van der Waals surface area contributed by atoms with Crippen LogP contribution in [0.4, 0.5) is 5.82 Å². The number of anilines is 1. The lowest BCUT2D eigenvalue weighted by Crippen LogP contribution is -2.28. The molecule has 0 aliphatic carbocycles. The molecular formula is C17H22N2O2. The number of nitrogens with one attached hydrogen (secondary N) is 1. The Morgan fingerprint density at radius 2 is 2.00 bits per heavy atom. The predicted octanol–water partition coefficient (Wildman–Crippen LogP) is 4.03. The highest BCUT2D eigenvalue weighted by molar-refractivity contribution is 6.03. The molecule has 21 heavy (non-hydrogen) atoms. The van der Waals surface area contributed by atoms with Crippen molar-refractivity contribution in [3.8, 4) is 0 Å². The Bertz CT molecular complexity index is 663. The zero-order valence-corrected chi connectivity index (χ0v) is 13.0. The first-order valence-corrected chi connectivity index (χ1v) is 7.18. The molecule has 1 aromatic heterocycles. The number of pyridine rings is 1. The summed E-state index contributed by atoms with van der Waals surface area (Å²) < 4.78 is 0. The van der Waals surface area contributed by atoms with Gasteiger partial charge in [-0.1, -0.05) is 45.9 Å². The third kappa shape index (κ3) is 3.32. The molecule has 4 heteroatoms. The lowest BCUT2D eigenvalue weighted by Gasteiger charge is -2.29. The molecule has 2 N–H and O–H groups in total. The van der Waals surface area contributed by atoms with Gasteiger partial charge in [-0.15, -0.1) is 0 Å². The fraction of sp³-hybridized carbons (Fsp3) is 0.412. The number of aromatic carboxylic acids is 1. The monoisotopic (exact) mass is 286 g/mol. The molecule has 4 nitrogen and oxygen atoms in total. The molecular weight excluding hydrogens is 264 g/mol. The number of hydrogen-bond acceptors (Lipinski definition) is 3. The van der Waals surface area contributed by atoms with Crippen molar-refractivity contribution in [2.24, 2.45) is 11.3 Å². The zero-order chi connectivity index (χ0) is 15.6. The van der Waals surface area contributed by atoms with Gasteiger partial charge in [0.15, 0.2) is 0 Å². The zero-order valence-electron chi connectivity index (χ0n) is 13.0. The number of carboxylic acids is 1. The topological polar surface area (TPSA) is 62.2 Å². The van der Waals surface area contributed by atoms with E-state index in [4.69, 9.17) is 0 Å². The average molecular weight is 286 g/mol. The van der Waals surface area contributed by atoms with Gasteiger partial charge in [0.2, 0.25) is 0 Å². The Hall–Kier alpha value is -2.10. The highest BCUT2D eigenvalue weighted by Gasteiger charge is 2.22. The predicted molar refractivity (Wildman–Crippen MR) is 85.8 cm³/mol. The van der Waals surface area contributed by atoms with Gasteiger partial charge < -0.3 is 10.4 Å². The molecule has 112 valence electrons. The van der Waals surface area contributed by atoms with Gasteiger partial charge in [-0.25, -0.2) is 9.78 Å². The maximum absolute atomic E-state index is 11.4. The second-order valence-electron chi connectivity index (χ2n) is 6.37. The normalized spacial score (nSPS) is 11.9. The Kier molecular flexibility index (Phi) is 4.16. The Morgan fingerprint density at radius 3 is 2.62 bits per heavy atom. The van der Waals surface area contributed by atoms with E-state index in [1.54, 1.807) is 12.1 Å². The number of carboxylic acid groups (broad SMARTS) is 1. The summed E-state index contributed by atoms with van der Waals surface area (Å²) in [4.78, 5) is 15.9.